The van der Waals surface area contributed by atoms with E-state index in [1.165, 1.54) is 0 Å². The summed E-state index contributed by atoms with van der Waals surface area (Å²) in [6.07, 6.45) is 1.22. The minimum Gasteiger partial charge on any atom is -0.364 e. The first-order valence-corrected chi connectivity index (χ1v) is 7.29. The molecule has 0 saturated carbocycles. The summed E-state index contributed by atoms with van der Waals surface area (Å²) in [6.45, 7) is 2.43. The molecule has 1 fully saturated rings. The van der Waals surface area contributed by atoms with Crippen LogP contribution in [0.3, 0.4) is 0 Å². The summed E-state index contributed by atoms with van der Waals surface area (Å²) >= 11 is 6.19. The number of nitrogens with two attached hydrogens (primary N) is 1. The molecule has 0 aromatic heterocycles. The number of nitrogens with zero attached hydrogens (tertiary/aromatic N) is 1. The van der Waals surface area contributed by atoms with Crippen LogP contribution in [0.15, 0.2) is 24.3 Å². The monoisotopic (exact) mass is 296 g/mol. The summed E-state index contributed by atoms with van der Waals surface area (Å²) in [7, 11) is 1.79. The molecule has 1 heterocycles. The summed E-state index contributed by atoms with van der Waals surface area (Å²) in [4.78, 5) is 14.1. The first kappa shape index (κ1) is 15.3. The van der Waals surface area contributed by atoms with E-state index in [1.807, 2.05) is 31.2 Å². The Morgan fingerprint density at radius 2 is 2.20 bits per heavy atom. The lowest BCUT2D eigenvalue weighted by atomic mass is 10.1. The maximum absolute atomic E-state index is 12.4. The minimum atomic E-state index is -0.376. The van der Waals surface area contributed by atoms with Gasteiger partial charge in [-0.3, -0.25) is 4.79 Å². The SMILES string of the molecule is CC(c1ccccc1Cl)N(C)C(=O)[C@@H]1CC[C@H](CN)O1. The van der Waals surface area contributed by atoms with Gasteiger partial charge in [0.2, 0.25) is 0 Å². The molecular formula is C15H21ClN2O2. The van der Waals surface area contributed by atoms with E-state index in [0.29, 0.717) is 11.6 Å². The average molecular weight is 297 g/mol. The van der Waals surface area contributed by atoms with Crippen LogP contribution in [-0.4, -0.2) is 36.6 Å². The predicted molar refractivity (Wildman–Crippen MR) is 79.6 cm³/mol. The lowest BCUT2D eigenvalue weighted by Crippen LogP contribution is -2.38. The van der Waals surface area contributed by atoms with Gasteiger partial charge in [-0.05, 0) is 31.4 Å². The van der Waals surface area contributed by atoms with Crippen molar-refractivity contribution in [2.24, 2.45) is 5.73 Å². The van der Waals surface area contributed by atoms with Crippen molar-refractivity contribution in [2.45, 2.75) is 38.0 Å². The van der Waals surface area contributed by atoms with Crippen molar-refractivity contribution >= 4 is 17.5 Å². The summed E-state index contributed by atoms with van der Waals surface area (Å²) in [5.41, 5.74) is 6.52. The summed E-state index contributed by atoms with van der Waals surface area (Å²) in [5, 5.41) is 0.673. The Labute approximate surface area is 124 Å². The molecule has 4 nitrogen and oxygen atoms in total. The van der Waals surface area contributed by atoms with Crippen LogP contribution in [0.4, 0.5) is 0 Å². The first-order valence-electron chi connectivity index (χ1n) is 6.91. The molecule has 2 N–H and O–H groups in total. The van der Waals surface area contributed by atoms with Gasteiger partial charge >= 0.3 is 0 Å². The zero-order valence-electron chi connectivity index (χ0n) is 11.9. The Balaban J connectivity index is 2.05. The highest BCUT2D eigenvalue weighted by Crippen LogP contribution is 2.28. The number of benzene rings is 1. The second kappa shape index (κ2) is 6.57. The number of rotatable bonds is 4. The van der Waals surface area contributed by atoms with Gasteiger partial charge in [-0.15, -0.1) is 0 Å². The van der Waals surface area contributed by atoms with Gasteiger partial charge in [0.05, 0.1) is 12.1 Å². The molecule has 0 aliphatic carbocycles. The quantitative estimate of drug-likeness (QED) is 0.928. The second-order valence-corrected chi connectivity index (χ2v) is 5.61. The highest BCUT2D eigenvalue weighted by molar-refractivity contribution is 6.31. The van der Waals surface area contributed by atoms with Crippen LogP contribution in [0.25, 0.3) is 0 Å². The number of amides is 1. The van der Waals surface area contributed by atoms with Gasteiger partial charge in [0, 0.05) is 18.6 Å². The number of carbonyl (C=O) groups is 1. The fraction of sp³-hybridized carbons (Fsp3) is 0.533. The summed E-state index contributed by atoms with van der Waals surface area (Å²) < 4.78 is 5.66. The zero-order chi connectivity index (χ0) is 14.7. The smallest absolute Gasteiger partial charge is 0.251 e. The summed E-state index contributed by atoms with van der Waals surface area (Å²) in [6, 6.07) is 7.49. The van der Waals surface area contributed by atoms with Crippen LogP contribution in [0.2, 0.25) is 5.02 Å². The fourth-order valence-corrected chi connectivity index (χ4v) is 2.79. The number of hydrogen-bond acceptors (Lipinski definition) is 3. The first-order chi connectivity index (χ1) is 9.54. The van der Waals surface area contributed by atoms with E-state index in [1.54, 1.807) is 11.9 Å². The van der Waals surface area contributed by atoms with Gasteiger partial charge in [0.15, 0.2) is 0 Å². The Morgan fingerprint density at radius 3 is 2.80 bits per heavy atom. The van der Waals surface area contributed by atoms with Crippen molar-refractivity contribution in [1.29, 1.82) is 0 Å². The van der Waals surface area contributed by atoms with Crippen LogP contribution in [0.1, 0.15) is 31.4 Å². The maximum atomic E-state index is 12.4. The molecule has 20 heavy (non-hydrogen) atoms. The number of hydrogen-bond donors (Lipinski definition) is 1. The van der Waals surface area contributed by atoms with Crippen LogP contribution < -0.4 is 5.73 Å². The number of ether oxygens (including phenoxy) is 1. The molecule has 0 bridgehead atoms. The lowest BCUT2D eigenvalue weighted by Gasteiger charge is -2.28. The molecule has 110 valence electrons. The van der Waals surface area contributed by atoms with Crippen molar-refractivity contribution in [2.75, 3.05) is 13.6 Å². The van der Waals surface area contributed by atoms with E-state index in [-0.39, 0.29) is 24.2 Å². The zero-order valence-corrected chi connectivity index (χ0v) is 12.6. The molecule has 0 spiro atoms. The Morgan fingerprint density at radius 1 is 1.50 bits per heavy atom. The van der Waals surface area contributed by atoms with Crippen LogP contribution in [0.5, 0.6) is 0 Å². The van der Waals surface area contributed by atoms with Gasteiger partial charge in [-0.25, -0.2) is 0 Å². The molecule has 3 atom stereocenters. The normalized spacial score (nSPS) is 23.6. The van der Waals surface area contributed by atoms with Crippen molar-refractivity contribution in [3.05, 3.63) is 34.9 Å². The van der Waals surface area contributed by atoms with Crippen LogP contribution in [0, 0.1) is 0 Å². The van der Waals surface area contributed by atoms with Gasteiger partial charge in [-0.1, -0.05) is 29.8 Å². The Bertz CT molecular complexity index is 481. The molecule has 1 unspecified atom stereocenters. The molecule has 2 rings (SSSR count). The van der Waals surface area contributed by atoms with Crippen LogP contribution in [-0.2, 0) is 9.53 Å². The number of halogens is 1. The predicted octanol–water partition coefficient (Wildman–Crippen LogP) is 2.37. The minimum absolute atomic E-state index is 0.00614. The molecule has 1 saturated heterocycles. The van der Waals surface area contributed by atoms with Gasteiger partial charge < -0.3 is 15.4 Å². The average Bonchev–Trinajstić information content (AvgIpc) is 2.94. The molecule has 1 aliphatic rings. The third kappa shape index (κ3) is 3.14. The van der Waals surface area contributed by atoms with E-state index in [4.69, 9.17) is 22.1 Å². The summed E-state index contributed by atoms with van der Waals surface area (Å²) in [5.74, 6) is -0.00614. The van der Waals surface area contributed by atoms with Crippen molar-refractivity contribution < 1.29 is 9.53 Å². The Hall–Kier alpha value is -1.10. The van der Waals surface area contributed by atoms with Crippen molar-refractivity contribution in [3.8, 4) is 0 Å². The van der Waals surface area contributed by atoms with Gasteiger partial charge in [-0.2, -0.15) is 0 Å². The highest BCUT2D eigenvalue weighted by Gasteiger charge is 2.33. The number of carbonyl (C=O) groups excluding carboxylic acids is 1. The van der Waals surface area contributed by atoms with E-state index in [9.17, 15) is 4.79 Å². The molecule has 1 aromatic carbocycles. The van der Waals surface area contributed by atoms with E-state index < -0.39 is 0 Å². The van der Waals surface area contributed by atoms with E-state index >= 15 is 0 Å². The second-order valence-electron chi connectivity index (χ2n) is 5.21. The van der Waals surface area contributed by atoms with Crippen molar-refractivity contribution in [3.63, 3.8) is 0 Å². The molecule has 1 aliphatic heterocycles. The standard InChI is InChI=1S/C15H21ClN2O2/c1-10(12-5-3-4-6-13(12)16)18(2)15(19)14-8-7-11(9-17)20-14/h3-6,10-11,14H,7-9,17H2,1-2H3/t10?,11-,14+/m1/s1. The third-order valence-corrected chi connectivity index (χ3v) is 4.27. The van der Waals surface area contributed by atoms with E-state index in [2.05, 4.69) is 0 Å². The van der Waals surface area contributed by atoms with Gasteiger partial charge in [0.1, 0.15) is 6.10 Å². The van der Waals surface area contributed by atoms with E-state index in [0.717, 1.165) is 18.4 Å². The van der Waals surface area contributed by atoms with Crippen molar-refractivity contribution in [1.82, 2.24) is 4.90 Å². The molecule has 5 heteroatoms. The number of likely N-dealkylation sites (N-methyl/N-ethyl adjacent to an activating group) is 1. The molecular weight excluding hydrogens is 276 g/mol. The topological polar surface area (TPSA) is 55.6 Å². The third-order valence-electron chi connectivity index (χ3n) is 3.93. The molecule has 0 radical (unpaired) electrons. The Kier molecular flexibility index (Phi) is 5.02. The van der Waals surface area contributed by atoms with Gasteiger partial charge in [0.25, 0.3) is 5.91 Å². The lowest BCUT2D eigenvalue weighted by molar-refractivity contribution is -0.143. The molecule has 1 amide bonds. The fourth-order valence-electron chi connectivity index (χ4n) is 2.50. The highest BCUT2D eigenvalue weighted by atomic mass is 35.5. The largest absolute Gasteiger partial charge is 0.364 e. The molecule has 1 aromatic rings. The maximum Gasteiger partial charge on any atom is 0.251 e. The van der Waals surface area contributed by atoms with Crippen LogP contribution >= 0.6 is 11.6 Å².